The number of amides is 1. The molecule has 1 fully saturated rings. The van der Waals surface area contributed by atoms with E-state index in [0.717, 1.165) is 38.0 Å². The van der Waals surface area contributed by atoms with E-state index in [1.807, 2.05) is 17.8 Å². The van der Waals surface area contributed by atoms with E-state index in [2.05, 4.69) is 22.7 Å². The average Bonchev–Trinajstić information content (AvgIpc) is 2.76. The minimum Gasteiger partial charge on any atom is -0.355 e. The summed E-state index contributed by atoms with van der Waals surface area (Å²) in [4.78, 5) is 12.2. The van der Waals surface area contributed by atoms with Crippen molar-refractivity contribution in [3.8, 4) is 0 Å². The fourth-order valence-corrected chi connectivity index (χ4v) is 2.37. The minimum atomic E-state index is -0.197. The van der Waals surface area contributed by atoms with Gasteiger partial charge in [0.15, 0.2) is 0 Å². The Morgan fingerprint density at radius 1 is 1.56 bits per heavy atom. The fraction of sp³-hybridized carbons (Fsp3) is 0.692. The van der Waals surface area contributed by atoms with Crippen LogP contribution < -0.4 is 10.6 Å². The van der Waals surface area contributed by atoms with Crippen molar-refractivity contribution in [2.75, 3.05) is 19.6 Å². The number of carbonyl (C=O) groups excluding carboxylic acids is 1. The Labute approximate surface area is 108 Å². The van der Waals surface area contributed by atoms with Crippen molar-refractivity contribution in [1.82, 2.24) is 20.4 Å². The quantitative estimate of drug-likeness (QED) is 0.816. The lowest BCUT2D eigenvalue weighted by atomic mass is 9.80. The maximum atomic E-state index is 12.2. The van der Waals surface area contributed by atoms with Crippen molar-refractivity contribution < 1.29 is 4.79 Å². The van der Waals surface area contributed by atoms with Crippen LogP contribution in [0.1, 0.15) is 25.5 Å². The van der Waals surface area contributed by atoms with E-state index in [-0.39, 0.29) is 11.3 Å². The summed E-state index contributed by atoms with van der Waals surface area (Å²) in [7, 11) is 1.92. The Bertz CT molecular complexity index is 407. The van der Waals surface area contributed by atoms with E-state index in [1.165, 1.54) is 0 Å². The molecule has 1 aromatic rings. The molecule has 1 aromatic heterocycles. The van der Waals surface area contributed by atoms with Crippen LogP contribution >= 0.6 is 0 Å². The molecule has 2 N–H and O–H groups in total. The largest absolute Gasteiger partial charge is 0.355 e. The van der Waals surface area contributed by atoms with Gasteiger partial charge in [-0.3, -0.25) is 9.48 Å². The van der Waals surface area contributed by atoms with Crippen molar-refractivity contribution >= 4 is 5.91 Å². The predicted octanol–water partition coefficient (Wildman–Crippen LogP) is 0.469. The minimum absolute atomic E-state index is 0.186. The van der Waals surface area contributed by atoms with E-state index >= 15 is 0 Å². The number of aryl methyl sites for hydroxylation is 1. The number of carbonyl (C=O) groups is 1. The second-order valence-electron chi connectivity index (χ2n) is 5.26. The summed E-state index contributed by atoms with van der Waals surface area (Å²) in [5.74, 6) is 0.186. The SMILES string of the molecule is Cn1nccc1CCNC(=O)C1(C)CCNCC1. The number of rotatable bonds is 4. The standard InChI is InChI=1S/C13H22N4O/c1-13(5-9-14-10-6-13)12(18)15-7-3-11-4-8-16-17(11)2/h4,8,14H,3,5-7,9-10H2,1-2H3,(H,15,18). The predicted molar refractivity (Wildman–Crippen MR) is 70.1 cm³/mol. The first-order chi connectivity index (χ1) is 8.62. The molecule has 100 valence electrons. The van der Waals surface area contributed by atoms with Gasteiger partial charge in [-0.25, -0.2) is 0 Å². The van der Waals surface area contributed by atoms with Crippen LogP contribution in [0.15, 0.2) is 12.3 Å². The number of nitrogens with one attached hydrogen (secondary N) is 2. The van der Waals surface area contributed by atoms with Crippen LogP contribution in [0.4, 0.5) is 0 Å². The molecular formula is C13H22N4O. The molecule has 1 saturated heterocycles. The van der Waals surface area contributed by atoms with Gasteiger partial charge in [0.25, 0.3) is 0 Å². The Hall–Kier alpha value is -1.36. The second-order valence-corrected chi connectivity index (χ2v) is 5.26. The molecule has 1 aliphatic heterocycles. The highest BCUT2D eigenvalue weighted by atomic mass is 16.2. The first-order valence-corrected chi connectivity index (χ1v) is 6.58. The number of piperidine rings is 1. The molecule has 5 heteroatoms. The number of hydrogen-bond acceptors (Lipinski definition) is 3. The van der Waals surface area contributed by atoms with E-state index in [9.17, 15) is 4.79 Å². The summed E-state index contributed by atoms with van der Waals surface area (Å²) in [5, 5.41) is 10.5. The van der Waals surface area contributed by atoms with Crippen LogP contribution in [0, 0.1) is 5.41 Å². The molecule has 0 bridgehead atoms. The zero-order valence-electron chi connectivity index (χ0n) is 11.2. The van der Waals surface area contributed by atoms with Gasteiger partial charge in [0.05, 0.1) is 0 Å². The van der Waals surface area contributed by atoms with E-state index < -0.39 is 0 Å². The van der Waals surface area contributed by atoms with Crippen LogP contribution in [0.2, 0.25) is 0 Å². The van der Waals surface area contributed by atoms with Gasteiger partial charge in [-0.15, -0.1) is 0 Å². The molecule has 0 spiro atoms. The van der Waals surface area contributed by atoms with Crippen LogP contribution in [0.25, 0.3) is 0 Å². The van der Waals surface area contributed by atoms with Crippen molar-refractivity contribution in [2.45, 2.75) is 26.2 Å². The molecule has 0 aliphatic carbocycles. The van der Waals surface area contributed by atoms with Gasteiger partial charge >= 0.3 is 0 Å². The maximum Gasteiger partial charge on any atom is 0.226 e. The third-order valence-corrected chi connectivity index (χ3v) is 3.84. The monoisotopic (exact) mass is 250 g/mol. The van der Waals surface area contributed by atoms with Gasteiger partial charge in [0, 0.05) is 37.3 Å². The smallest absolute Gasteiger partial charge is 0.226 e. The molecule has 0 aromatic carbocycles. The van der Waals surface area contributed by atoms with Crippen LogP contribution in [0.5, 0.6) is 0 Å². The van der Waals surface area contributed by atoms with Gasteiger partial charge in [0.2, 0.25) is 5.91 Å². The summed E-state index contributed by atoms with van der Waals surface area (Å²) in [6.45, 7) is 4.62. The number of hydrogen-bond donors (Lipinski definition) is 2. The van der Waals surface area contributed by atoms with Gasteiger partial charge in [-0.2, -0.15) is 5.10 Å². The highest BCUT2D eigenvalue weighted by Gasteiger charge is 2.34. The van der Waals surface area contributed by atoms with E-state index in [0.29, 0.717) is 6.54 Å². The lowest BCUT2D eigenvalue weighted by Crippen LogP contribution is -2.46. The Kier molecular flexibility index (Phi) is 4.01. The molecule has 0 radical (unpaired) electrons. The second kappa shape index (κ2) is 5.52. The molecule has 1 amide bonds. The van der Waals surface area contributed by atoms with Crippen LogP contribution in [-0.4, -0.2) is 35.3 Å². The third-order valence-electron chi connectivity index (χ3n) is 3.84. The van der Waals surface area contributed by atoms with Gasteiger partial charge < -0.3 is 10.6 Å². The fourth-order valence-electron chi connectivity index (χ4n) is 2.37. The Morgan fingerprint density at radius 2 is 2.28 bits per heavy atom. The summed E-state index contributed by atoms with van der Waals surface area (Å²) < 4.78 is 1.85. The molecular weight excluding hydrogens is 228 g/mol. The summed E-state index contributed by atoms with van der Waals surface area (Å²) >= 11 is 0. The zero-order valence-corrected chi connectivity index (χ0v) is 11.2. The van der Waals surface area contributed by atoms with Crippen molar-refractivity contribution in [3.05, 3.63) is 18.0 Å². The third kappa shape index (κ3) is 2.90. The molecule has 1 aliphatic rings. The first kappa shape index (κ1) is 13.1. The molecule has 2 rings (SSSR count). The van der Waals surface area contributed by atoms with Crippen LogP contribution in [0.3, 0.4) is 0 Å². The number of aromatic nitrogens is 2. The van der Waals surface area contributed by atoms with Gasteiger partial charge in [-0.05, 0) is 32.0 Å². The Morgan fingerprint density at radius 3 is 2.89 bits per heavy atom. The Balaban J connectivity index is 1.79. The van der Waals surface area contributed by atoms with E-state index in [4.69, 9.17) is 0 Å². The van der Waals surface area contributed by atoms with Crippen molar-refractivity contribution in [1.29, 1.82) is 0 Å². The molecule has 0 unspecified atom stereocenters. The number of nitrogens with zero attached hydrogens (tertiary/aromatic N) is 2. The summed E-state index contributed by atoms with van der Waals surface area (Å²) in [5.41, 5.74) is 0.948. The van der Waals surface area contributed by atoms with Crippen molar-refractivity contribution in [2.24, 2.45) is 12.5 Å². The molecule has 0 saturated carbocycles. The summed E-state index contributed by atoms with van der Waals surface area (Å²) in [6, 6.07) is 1.98. The maximum absolute atomic E-state index is 12.2. The lowest BCUT2D eigenvalue weighted by molar-refractivity contribution is -0.131. The van der Waals surface area contributed by atoms with Gasteiger partial charge in [0.1, 0.15) is 0 Å². The normalized spacial score (nSPS) is 18.6. The van der Waals surface area contributed by atoms with Crippen LogP contribution in [-0.2, 0) is 18.3 Å². The van der Waals surface area contributed by atoms with Crippen molar-refractivity contribution in [3.63, 3.8) is 0 Å². The molecule has 0 atom stereocenters. The molecule has 2 heterocycles. The zero-order chi connectivity index (χ0) is 13.0. The van der Waals surface area contributed by atoms with E-state index in [1.54, 1.807) is 6.20 Å². The average molecular weight is 250 g/mol. The topological polar surface area (TPSA) is 59.0 Å². The summed E-state index contributed by atoms with van der Waals surface area (Å²) in [6.07, 6.45) is 4.46. The molecule has 18 heavy (non-hydrogen) atoms. The first-order valence-electron chi connectivity index (χ1n) is 6.58. The highest BCUT2D eigenvalue weighted by molar-refractivity contribution is 5.82. The molecule has 5 nitrogen and oxygen atoms in total. The lowest BCUT2D eigenvalue weighted by Gasteiger charge is -2.32. The highest BCUT2D eigenvalue weighted by Crippen LogP contribution is 2.27. The van der Waals surface area contributed by atoms with Gasteiger partial charge in [-0.1, -0.05) is 6.92 Å².